The maximum Gasteiger partial charge on any atom is 0.185 e. The number of piperidine rings is 1. The van der Waals surface area contributed by atoms with Crippen LogP contribution in [0.5, 0.6) is 0 Å². The first-order valence-electron chi connectivity index (χ1n) is 6.71. The Balaban J connectivity index is 1.71. The van der Waals surface area contributed by atoms with Crippen LogP contribution in [-0.4, -0.2) is 24.0 Å². The van der Waals surface area contributed by atoms with Gasteiger partial charge in [0.05, 0.1) is 5.69 Å². The third kappa shape index (κ3) is 2.67. The normalized spacial score (nSPS) is 16.3. The van der Waals surface area contributed by atoms with E-state index in [4.69, 9.17) is 0 Å². The first kappa shape index (κ1) is 13.1. The molecule has 1 aromatic carbocycles. The molecule has 2 aromatic rings. The topological polar surface area (TPSA) is 56.3 Å². The van der Waals surface area contributed by atoms with Crippen LogP contribution in [-0.2, 0) is 4.79 Å². The number of hydrogen-bond donors (Lipinski definition) is 0. The smallest absolute Gasteiger partial charge is 0.185 e. The van der Waals surface area contributed by atoms with Crippen LogP contribution in [0.1, 0.15) is 12.8 Å². The Morgan fingerprint density at radius 1 is 1.25 bits per heavy atom. The molecule has 0 saturated carbocycles. The molecule has 1 aromatic heterocycles. The van der Waals surface area contributed by atoms with Crippen molar-refractivity contribution in [2.24, 2.45) is 5.92 Å². The zero-order chi connectivity index (χ0) is 13.9. The fourth-order valence-corrected chi connectivity index (χ4v) is 3.35. The van der Waals surface area contributed by atoms with Gasteiger partial charge in [0.2, 0.25) is 0 Å². The van der Waals surface area contributed by atoms with E-state index in [1.54, 1.807) is 11.3 Å². The predicted molar refractivity (Wildman–Crippen MR) is 77.5 cm³/mol. The number of aromatic nitrogens is 1. The van der Waals surface area contributed by atoms with Crippen molar-refractivity contribution in [2.75, 3.05) is 18.0 Å². The lowest BCUT2D eigenvalue weighted by Crippen LogP contribution is -2.41. The summed E-state index contributed by atoms with van der Waals surface area (Å²) in [6.07, 6.45) is 1.28. The molecule has 4 nitrogen and oxygen atoms in total. The summed E-state index contributed by atoms with van der Waals surface area (Å²) in [5.41, 5.74) is 2.09. The van der Waals surface area contributed by atoms with Gasteiger partial charge in [-0.05, 0) is 12.8 Å². The largest absolute Gasteiger partial charge is 0.550 e. The molecule has 0 N–H and O–H groups in total. The minimum absolute atomic E-state index is 0.306. The van der Waals surface area contributed by atoms with Crippen LogP contribution >= 0.6 is 11.3 Å². The van der Waals surface area contributed by atoms with Gasteiger partial charge in [-0.25, -0.2) is 4.98 Å². The molecule has 1 fully saturated rings. The highest BCUT2D eigenvalue weighted by Gasteiger charge is 2.22. The van der Waals surface area contributed by atoms with Crippen molar-refractivity contribution in [1.82, 2.24) is 4.98 Å². The SMILES string of the molecule is O=C([O-])C1CCN(c2nc(-c3ccccc3)cs2)CC1. The van der Waals surface area contributed by atoms with Crippen LogP contribution in [0.25, 0.3) is 11.3 Å². The third-order valence-corrected chi connectivity index (χ3v) is 4.56. The van der Waals surface area contributed by atoms with E-state index in [9.17, 15) is 9.90 Å². The van der Waals surface area contributed by atoms with Gasteiger partial charge >= 0.3 is 0 Å². The van der Waals surface area contributed by atoms with Gasteiger partial charge in [-0.15, -0.1) is 11.3 Å². The van der Waals surface area contributed by atoms with Gasteiger partial charge in [0.25, 0.3) is 0 Å². The van der Waals surface area contributed by atoms with Crippen LogP contribution in [0, 0.1) is 5.92 Å². The summed E-state index contributed by atoms with van der Waals surface area (Å²) in [4.78, 5) is 17.7. The zero-order valence-corrected chi connectivity index (χ0v) is 11.8. The molecule has 0 aliphatic carbocycles. The number of carbonyl (C=O) groups is 1. The Labute approximate surface area is 121 Å². The summed E-state index contributed by atoms with van der Waals surface area (Å²) in [6.45, 7) is 1.47. The molecule has 0 atom stereocenters. The molecule has 0 unspecified atom stereocenters. The molecule has 20 heavy (non-hydrogen) atoms. The number of aliphatic carboxylic acids is 1. The van der Waals surface area contributed by atoms with Crippen LogP contribution in [0.2, 0.25) is 0 Å². The average Bonchev–Trinajstić information content (AvgIpc) is 2.98. The van der Waals surface area contributed by atoms with Crippen molar-refractivity contribution in [3.63, 3.8) is 0 Å². The van der Waals surface area contributed by atoms with E-state index < -0.39 is 5.97 Å². The molecule has 1 saturated heterocycles. The summed E-state index contributed by atoms with van der Waals surface area (Å²) >= 11 is 1.61. The number of benzene rings is 1. The van der Waals surface area contributed by atoms with Crippen LogP contribution in [0.3, 0.4) is 0 Å². The Hall–Kier alpha value is -1.88. The summed E-state index contributed by atoms with van der Waals surface area (Å²) in [6, 6.07) is 10.1. The van der Waals surface area contributed by atoms with Crippen molar-refractivity contribution in [1.29, 1.82) is 0 Å². The van der Waals surface area contributed by atoms with Gasteiger partial charge in [0, 0.05) is 35.9 Å². The summed E-state index contributed by atoms with van der Waals surface area (Å²) in [7, 11) is 0. The van der Waals surface area contributed by atoms with Crippen LogP contribution < -0.4 is 10.0 Å². The first-order chi connectivity index (χ1) is 9.74. The molecule has 1 aliphatic rings. The number of carbonyl (C=O) groups excluding carboxylic acids is 1. The molecule has 104 valence electrons. The second kappa shape index (κ2) is 5.63. The van der Waals surface area contributed by atoms with Crippen LogP contribution in [0.4, 0.5) is 5.13 Å². The number of anilines is 1. The second-order valence-electron chi connectivity index (χ2n) is 4.96. The maximum absolute atomic E-state index is 10.8. The number of rotatable bonds is 3. The van der Waals surface area contributed by atoms with Gasteiger partial charge in [0.15, 0.2) is 5.13 Å². The Kier molecular flexibility index (Phi) is 3.69. The van der Waals surface area contributed by atoms with E-state index >= 15 is 0 Å². The standard InChI is InChI=1S/C15H16N2O2S/c18-14(19)12-6-8-17(9-7-12)15-16-13(10-20-15)11-4-2-1-3-5-11/h1-5,10,12H,6-9H2,(H,18,19)/p-1. The van der Waals surface area contributed by atoms with Gasteiger partial charge in [-0.1, -0.05) is 30.3 Å². The monoisotopic (exact) mass is 287 g/mol. The molecule has 0 bridgehead atoms. The first-order valence-corrected chi connectivity index (χ1v) is 7.59. The highest BCUT2D eigenvalue weighted by atomic mass is 32.1. The maximum atomic E-state index is 10.8. The van der Waals surface area contributed by atoms with E-state index in [1.165, 1.54) is 0 Å². The van der Waals surface area contributed by atoms with E-state index in [1.807, 2.05) is 30.3 Å². The van der Waals surface area contributed by atoms with Gasteiger partial charge in [-0.3, -0.25) is 0 Å². The van der Waals surface area contributed by atoms with Crippen molar-refractivity contribution >= 4 is 22.4 Å². The second-order valence-corrected chi connectivity index (χ2v) is 5.80. The number of thiazole rings is 1. The molecule has 0 amide bonds. The Bertz CT molecular complexity index is 589. The molecule has 1 aliphatic heterocycles. The predicted octanol–water partition coefficient (Wildman–Crippen LogP) is 1.78. The van der Waals surface area contributed by atoms with E-state index in [-0.39, 0.29) is 5.92 Å². The number of carboxylic acid groups (broad SMARTS) is 1. The van der Waals surface area contributed by atoms with Gasteiger partial charge in [-0.2, -0.15) is 0 Å². The zero-order valence-electron chi connectivity index (χ0n) is 11.0. The lowest BCUT2D eigenvalue weighted by molar-refractivity contribution is -0.312. The molecular weight excluding hydrogens is 272 g/mol. The minimum Gasteiger partial charge on any atom is -0.550 e. The summed E-state index contributed by atoms with van der Waals surface area (Å²) < 4.78 is 0. The summed E-state index contributed by atoms with van der Waals surface area (Å²) in [5.74, 6) is -1.23. The van der Waals surface area contributed by atoms with Gasteiger partial charge in [0.1, 0.15) is 0 Å². The molecule has 0 spiro atoms. The lowest BCUT2D eigenvalue weighted by Gasteiger charge is -2.32. The van der Waals surface area contributed by atoms with E-state index in [0.717, 1.165) is 29.5 Å². The number of hydrogen-bond acceptors (Lipinski definition) is 5. The van der Waals surface area contributed by atoms with E-state index in [2.05, 4.69) is 15.3 Å². The Morgan fingerprint density at radius 3 is 2.60 bits per heavy atom. The number of carboxylic acids is 1. The highest BCUT2D eigenvalue weighted by Crippen LogP contribution is 2.30. The Morgan fingerprint density at radius 2 is 1.95 bits per heavy atom. The number of nitrogens with zero attached hydrogens (tertiary/aromatic N) is 2. The molecule has 0 radical (unpaired) electrons. The average molecular weight is 287 g/mol. The molecular formula is C15H15N2O2S-. The molecule has 3 rings (SSSR count). The molecule has 2 heterocycles. The van der Waals surface area contributed by atoms with Crippen LogP contribution in [0.15, 0.2) is 35.7 Å². The van der Waals surface area contributed by atoms with Crippen molar-refractivity contribution < 1.29 is 9.90 Å². The fourth-order valence-electron chi connectivity index (χ4n) is 2.46. The van der Waals surface area contributed by atoms with Crippen molar-refractivity contribution in [3.8, 4) is 11.3 Å². The lowest BCUT2D eigenvalue weighted by atomic mass is 9.98. The summed E-state index contributed by atoms with van der Waals surface area (Å²) in [5, 5.41) is 13.9. The van der Waals surface area contributed by atoms with Gasteiger partial charge < -0.3 is 14.8 Å². The van der Waals surface area contributed by atoms with Crippen molar-refractivity contribution in [2.45, 2.75) is 12.8 Å². The van der Waals surface area contributed by atoms with Crippen molar-refractivity contribution in [3.05, 3.63) is 35.7 Å². The van der Waals surface area contributed by atoms with E-state index in [0.29, 0.717) is 12.8 Å². The third-order valence-electron chi connectivity index (χ3n) is 3.66. The fraction of sp³-hybridized carbons (Fsp3) is 0.333. The highest BCUT2D eigenvalue weighted by molar-refractivity contribution is 7.14. The molecule has 5 heteroatoms. The minimum atomic E-state index is -0.922. The quantitative estimate of drug-likeness (QED) is 0.863.